The van der Waals surface area contributed by atoms with Crippen molar-refractivity contribution in [3.05, 3.63) is 33.9 Å². The summed E-state index contributed by atoms with van der Waals surface area (Å²) in [6.45, 7) is 8.02. The number of carbonyl (C=O) groups is 1. The number of likely N-dealkylation sites (N-methyl/N-ethyl adjacent to an activating group) is 1. The second-order valence-electron chi connectivity index (χ2n) is 8.98. The van der Waals surface area contributed by atoms with Crippen LogP contribution in [0.1, 0.15) is 55.9 Å². The number of amides is 1. The lowest BCUT2D eigenvalue weighted by molar-refractivity contribution is 0.0951. The molecule has 7 nitrogen and oxygen atoms in total. The van der Waals surface area contributed by atoms with Crippen LogP contribution in [-0.4, -0.2) is 61.8 Å². The summed E-state index contributed by atoms with van der Waals surface area (Å²) in [5, 5.41) is 3.05. The van der Waals surface area contributed by atoms with Gasteiger partial charge < -0.3 is 24.4 Å². The first-order chi connectivity index (χ1) is 15.4. The molecule has 4 rings (SSSR count). The van der Waals surface area contributed by atoms with Gasteiger partial charge in [-0.3, -0.25) is 9.59 Å². The van der Waals surface area contributed by atoms with Crippen LogP contribution in [0.4, 0.5) is 10.1 Å². The Morgan fingerprint density at radius 3 is 2.69 bits per heavy atom. The molecule has 1 aromatic carbocycles. The predicted molar refractivity (Wildman–Crippen MR) is 125 cm³/mol. The molecule has 1 aromatic heterocycles. The zero-order valence-electron chi connectivity index (χ0n) is 19.2. The van der Waals surface area contributed by atoms with Crippen LogP contribution in [0.5, 0.6) is 5.75 Å². The Hall–Kier alpha value is -2.61. The molecule has 174 valence electrons. The lowest BCUT2D eigenvalue weighted by Gasteiger charge is -2.37. The zero-order valence-corrected chi connectivity index (χ0v) is 19.2. The fraction of sp³-hybridized carbons (Fsp3) is 0.583. The van der Waals surface area contributed by atoms with E-state index in [9.17, 15) is 9.59 Å². The van der Waals surface area contributed by atoms with Crippen molar-refractivity contribution < 1.29 is 13.9 Å². The number of pyridine rings is 1. The van der Waals surface area contributed by atoms with Crippen molar-refractivity contribution in [3.8, 4) is 5.75 Å². The number of nitrogens with one attached hydrogen (secondary N) is 1. The van der Waals surface area contributed by atoms with Gasteiger partial charge >= 0.3 is 0 Å². The number of aromatic nitrogens is 1. The van der Waals surface area contributed by atoms with Crippen LogP contribution < -0.4 is 20.4 Å². The maximum atomic E-state index is 15.4. The number of benzene rings is 1. The molecule has 1 N–H and O–H groups in total. The number of rotatable bonds is 7. The van der Waals surface area contributed by atoms with E-state index in [-0.39, 0.29) is 17.0 Å². The summed E-state index contributed by atoms with van der Waals surface area (Å²) in [4.78, 5) is 30.2. The lowest BCUT2D eigenvalue weighted by atomic mass is 10.0. The first kappa shape index (κ1) is 22.6. The maximum Gasteiger partial charge on any atom is 0.256 e. The Morgan fingerprint density at radius 1 is 1.22 bits per heavy atom. The van der Waals surface area contributed by atoms with Gasteiger partial charge in [0.2, 0.25) is 5.43 Å². The molecule has 0 saturated carbocycles. The number of ether oxygens (including phenoxy) is 1. The Balaban J connectivity index is 1.74. The number of nitrogens with zero attached hydrogens (tertiary/aromatic N) is 3. The maximum absolute atomic E-state index is 15.4. The topological polar surface area (TPSA) is 66.8 Å². The van der Waals surface area contributed by atoms with E-state index < -0.39 is 17.2 Å². The van der Waals surface area contributed by atoms with Crippen molar-refractivity contribution in [1.82, 2.24) is 14.8 Å². The van der Waals surface area contributed by atoms with Crippen molar-refractivity contribution in [2.75, 3.05) is 51.3 Å². The summed E-state index contributed by atoms with van der Waals surface area (Å²) < 4.78 is 23.3. The van der Waals surface area contributed by atoms with Crippen LogP contribution in [0, 0.1) is 5.82 Å². The van der Waals surface area contributed by atoms with E-state index in [1.54, 1.807) is 6.20 Å². The van der Waals surface area contributed by atoms with Crippen molar-refractivity contribution in [3.63, 3.8) is 0 Å². The summed E-state index contributed by atoms with van der Waals surface area (Å²) in [5.41, 5.74) is 0.590. The molecule has 32 heavy (non-hydrogen) atoms. The quantitative estimate of drug-likeness (QED) is 0.665. The third-order valence-electron chi connectivity index (χ3n) is 6.52. The van der Waals surface area contributed by atoms with Crippen molar-refractivity contribution in [2.45, 2.75) is 45.6 Å². The predicted octanol–water partition coefficient (Wildman–Crippen LogP) is 3.16. The third kappa shape index (κ3) is 4.20. The van der Waals surface area contributed by atoms with Gasteiger partial charge in [0.15, 0.2) is 11.6 Å². The van der Waals surface area contributed by atoms with Crippen molar-refractivity contribution in [2.24, 2.45) is 0 Å². The van der Waals surface area contributed by atoms with E-state index in [0.717, 1.165) is 38.8 Å². The summed E-state index contributed by atoms with van der Waals surface area (Å²) in [7, 11) is 2.05. The number of halogens is 1. The highest BCUT2D eigenvalue weighted by atomic mass is 19.1. The SMILES string of the molecule is CCCCCCNC(=O)c1cn2c3c(c(N4CCN(C)CC4)c(F)cc3c1=O)OC[C@@H]2C. The fourth-order valence-corrected chi connectivity index (χ4v) is 4.55. The molecule has 2 aliphatic rings. The van der Waals surface area contributed by atoms with E-state index in [2.05, 4.69) is 17.1 Å². The summed E-state index contributed by atoms with van der Waals surface area (Å²) in [6, 6.07) is 1.21. The first-order valence-corrected chi connectivity index (χ1v) is 11.7. The summed E-state index contributed by atoms with van der Waals surface area (Å²) in [5.74, 6) is -0.473. The van der Waals surface area contributed by atoms with E-state index in [1.165, 1.54) is 6.07 Å². The first-order valence-electron chi connectivity index (χ1n) is 11.7. The molecule has 0 bridgehead atoms. The van der Waals surface area contributed by atoms with Gasteiger partial charge in [-0.25, -0.2) is 4.39 Å². The summed E-state index contributed by atoms with van der Waals surface area (Å²) in [6.07, 6.45) is 5.77. The number of anilines is 1. The molecule has 3 heterocycles. The smallest absolute Gasteiger partial charge is 0.256 e. The lowest BCUT2D eigenvalue weighted by Crippen LogP contribution is -2.45. The Bertz CT molecular complexity index is 1060. The van der Waals surface area contributed by atoms with Crippen LogP contribution >= 0.6 is 0 Å². The minimum absolute atomic E-state index is 0.0550. The minimum atomic E-state index is -0.479. The second-order valence-corrected chi connectivity index (χ2v) is 8.98. The van der Waals surface area contributed by atoms with Gasteiger partial charge in [0.25, 0.3) is 5.91 Å². The van der Waals surface area contributed by atoms with Crippen LogP contribution in [0.15, 0.2) is 17.1 Å². The van der Waals surface area contributed by atoms with E-state index in [1.807, 2.05) is 23.4 Å². The highest BCUT2D eigenvalue weighted by molar-refractivity contribution is 6.00. The number of hydrogen-bond acceptors (Lipinski definition) is 5. The molecule has 0 radical (unpaired) electrons. The molecule has 0 aliphatic carbocycles. The minimum Gasteiger partial charge on any atom is -0.487 e. The molecular weight excluding hydrogens is 411 g/mol. The average molecular weight is 445 g/mol. The van der Waals surface area contributed by atoms with Crippen molar-refractivity contribution >= 4 is 22.5 Å². The summed E-state index contributed by atoms with van der Waals surface area (Å²) >= 11 is 0. The number of hydrogen-bond donors (Lipinski definition) is 1. The third-order valence-corrected chi connectivity index (χ3v) is 6.52. The van der Waals surface area contributed by atoms with Gasteiger partial charge in [-0.05, 0) is 26.5 Å². The molecule has 1 fully saturated rings. The second kappa shape index (κ2) is 9.48. The Labute approximate surface area is 188 Å². The molecule has 2 aromatic rings. The van der Waals surface area contributed by atoms with Crippen LogP contribution in [0.25, 0.3) is 10.9 Å². The average Bonchev–Trinajstić information content (AvgIpc) is 2.78. The van der Waals surface area contributed by atoms with Gasteiger partial charge in [-0.15, -0.1) is 0 Å². The normalized spacial score (nSPS) is 18.6. The number of unbranched alkanes of at least 4 members (excludes halogenated alkanes) is 3. The van der Waals surface area contributed by atoms with Gasteiger partial charge in [-0.2, -0.15) is 0 Å². The molecule has 1 saturated heterocycles. The monoisotopic (exact) mass is 444 g/mol. The standard InChI is InChI=1S/C24H33FN4O3/c1-4-5-6-7-8-26-24(31)18-14-29-16(2)15-32-23-20(29)17(22(18)30)13-19(25)21(23)28-11-9-27(3)10-12-28/h13-14,16H,4-12,15H2,1-3H3,(H,26,31)/t16-/m0/s1. The Morgan fingerprint density at radius 2 is 1.97 bits per heavy atom. The molecule has 1 atom stereocenters. The van der Waals surface area contributed by atoms with Crippen LogP contribution in [0.2, 0.25) is 0 Å². The molecule has 2 aliphatic heterocycles. The fourth-order valence-electron chi connectivity index (χ4n) is 4.55. The Kier molecular flexibility index (Phi) is 6.69. The number of carbonyl (C=O) groups excluding carboxylic acids is 1. The highest BCUT2D eigenvalue weighted by Crippen LogP contribution is 2.42. The van der Waals surface area contributed by atoms with E-state index >= 15 is 4.39 Å². The van der Waals surface area contributed by atoms with Crippen LogP contribution in [-0.2, 0) is 0 Å². The largest absolute Gasteiger partial charge is 0.487 e. The van der Waals surface area contributed by atoms with Gasteiger partial charge in [-0.1, -0.05) is 26.2 Å². The number of piperazine rings is 1. The molecule has 1 amide bonds. The van der Waals surface area contributed by atoms with Gasteiger partial charge in [0.05, 0.1) is 16.9 Å². The van der Waals surface area contributed by atoms with Crippen molar-refractivity contribution in [1.29, 1.82) is 0 Å². The molecular formula is C24H33FN4O3. The van der Waals surface area contributed by atoms with E-state index in [4.69, 9.17) is 4.74 Å². The molecule has 0 spiro atoms. The van der Waals surface area contributed by atoms with Crippen LogP contribution in [0.3, 0.4) is 0 Å². The van der Waals surface area contributed by atoms with Gasteiger partial charge in [0.1, 0.15) is 17.9 Å². The molecule has 0 unspecified atom stereocenters. The van der Waals surface area contributed by atoms with E-state index in [0.29, 0.717) is 43.2 Å². The highest BCUT2D eigenvalue weighted by Gasteiger charge is 2.31. The van der Waals surface area contributed by atoms with Gasteiger partial charge in [0, 0.05) is 38.9 Å². The zero-order chi connectivity index (χ0) is 22.8. The molecule has 8 heteroatoms.